The molecule has 6 heteroatoms. The van der Waals surface area contributed by atoms with Gasteiger partial charge in [-0.1, -0.05) is 13.8 Å². The summed E-state index contributed by atoms with van der Waals surface area (Å²) in [4.78, 5) is 13.8. The summed E-state index contributed by atoms with van der Waals surface area (Å²) >= 11 is 0. The number of amides is 1. The quantitative estimate of drug-likeness (QED) is 0.402. The lowest BCUT2D eigenvalue weighted by Crippen LogP contribution is -2.49. The highest BCUT2D eigenvalue weighted by molar-refractivity contribution is 5.77. The van der Waals surface area contributed by atoms with Gasteiger partial charge in [0.15, 0.2) is 0 Å². The van der Waals surface area contributed by atoms with Crippen LogP contribution in [0, 0.1) is 5.92 Å². The zero-order valence-corrected chi connectivity index (χ0v) is 11.4. The van der Waals surface area contributed by atoms with E-state index >= 15 is 0 Å². The van der Waals surface area contributed by atoms with Crippen molar-refractivity contribution in [3.8, 4) is 0 Å². The van der Waals surface area contributed by atoms with Gasteiger partial charge in [0.05, 0.1) is 12.7 Å². The van der Waals surface area contributed by atoms with E-state index in [2.05, 4.69) is 15.5 Å². The third-order valence-corrected chi connectivity index (χ3v) is 3.00. The predicted molar refractivity (Wildman–Crippen MR) is 71.1 cm³/mol. The Morgan fingerprint density at radius 2 is 2.33 bits per heavy atom. The third-order valence-electron chi connectivity index (χ3n) is 3.00. The topological polar surface area (TPSA) is 79.6 Å². The van der Waals surface area contributed by atoms with Crippen LogP contribution in [0.4, 0.5) is 0 Å². The van der Waals surface area contributed by atoms with Crippen LogP contribution in [-0.2, 0) is 9.53 Å². The Balaban J connectivity index is 2.20. The number of rotatable bonds is 7. The van der Waals surface area contributed by atoms with Gasteiger partial charge >= 0.3 is 0 Å². The summed E-state index contributed by atoms with van der Waals surface area (Å²) in [5, 5.41) is 6.01. The molecule has 0 bridgehead atoms. The maximum absolute atomic E-state index is 11.5. The van der Waals surface area contributed by atoms with Gasteiger partial charge in [0.25, 0.3) is 0 Å². The van der Waals surface area contributed by atoms with Gasteiger partial charge in [-0.2, -0.15) is 0 Å². The molecule has 0 radical (unpaired) electrons. The first-order valence-corrected chi connectivity index (χ1v) is 6.66. The van der Waals surface area contributed by atoms with Crippen LogP contribution >= 0.6 is 0 Å². The Kier molecular flexibility index (Phi) is 7.19. The summed E-state index contributed by atoms with van der Waals surface area (Å²) in [5.41, 5.74) is 5.38. The van der Waals surface area contributed by atoms with Crippen LogP contribution < -0.4 is 16.4 Å². The first kappa shape index (κ1) is 15.4. The monoisotopic (exact) mass is 258 g/mol. The van der Waals surface area contributed by atoms with E-state index in [-0.39, 0.29) is 17.9 Å². The molecular weight excluding hydrogens is 232 g/mol. The van der Waals surface area contributed by atoms with Crippen molar-refractivity contribution in [1.82, 2.24) is 15.5 Å². The average molecular weight is 258 g/mol. The molecule has 6 nitrogen and oxygen atoms in total. The number of hydrogen-bond acceptors (Lipinski definition) is 5. The van der Waals surface area contributed by atoms with Crippen LogP contribution in [0.2, 0.25) is 0 Å². The molecule has 0 aromatic rings. The number of carbonyl (C=O) groups excluding carboxylic acids is 1. The van der Waals surface area contributed by atoms with Crippen molar-refractivity contribution in [2.75, 3.05) is 46.0 Å². The largest absolute Gasteiger partial charge is 0.374 e. The van der Waals surface area contributed by atoms with Gasteiger partial charge in [0.2, 0.25) is 5.91 Å². The molecule has 106 valence electrons. The SMILES string of the molecule is CC(C)C(=O)NCC1CN(CCNCN)CCO1. The Morgan fingerprint density at radius 3 is 3.00 bits per heavy atom. The van der Waals surface area contributed by atoms with Crippen LogP contribution in [-0.4, -0.2) is 62.9 Å². The molecule has 0 aliphatic carbocycles. The Labute approximate surface area is 109 Å². The van der Waals surface area contributed by atoms with E-state index in [4.69, 9.17) is 10.5 Å². The van der Waals surface area contributed by atoms with Gasteiger partial charge in [-0.3, -0.25) is 9.69 Å². The number of morpholine rings is 1. The second kappa shape index (κ2) is 8.42. The van der Waals surface area contributed by atoms with Crippen molar-refractivity contribution < 1.29 is 9.53 Å². The smallest absolute Gasteiger partial charge is 0.222 e. The lowest BCUT2D eigenvalue weighted by atomic mass is 10.2. The molecular formula is C12H26N4O2. The van der Waals surface area contributed by atoms with Gasteiger partial charge in [-0.05, 0) is 0 Å². The minimum absolute atomic E-state index is 0.0263. The van der Waals surface area contributed by atoms with Gasteiger partial charge in [0, 0.05) is 45.3 Å². The molecule has 0 aromatic carbocycles. The minimum atomic E-state index is 0.0263. The molecule has 1 aliphatic heterocycles. The van der Waals surface area contributed by atoms with Crippen LogP contribution in [0.15, 0.2) is 0 Å². The van der Waals surface area contributed by atoms with Crippen molar-refractivity contribution in [2.45, 2.75) is 20.0 Å². The maximum atomic E-state index is 11.5. The molecule has 1 atom stereocenters. The highest BCUT2D eigenvalue weighted by Gasteiger charge is 2.20. The van der Waals surface area contributed by atoms with Gasteiger partial charge in [-0.15, -0.1) is 0 Å². The molecule has 1 unspecified atom stereocenters. The lowest BCUT2D eigenvalue weighted by molar-refractivity contribution is -0.125. The molecule has 0 saturated carbocycles. The molecule has 1 rings (SSSR count). The average Bonchev–Trinajstić information content (AvgIpc) is 2.36. The molecule has 4 N–H and O–H groups in total. The van der Waals surface area contributed by atoms with E-state index in [0.717, 1.165) is 32.8 Å². The summed E-state index contributed by atoms with van der Waals surface area (Å²) in [6.07, 6.45) is 0.0966. The summed E-state index contributed by atoms with van der Waals surface area (Å²) < 4.78 is 5.64. The summed E-state index contributed by atoms with van der Waals surface area (Å²) in [5.74, 6) is 0.110. The highest BCUT2D eigenvalue weighted by atomic mass is 16.5. The summed E-state index contributed by atoms with van der Waals surface area (Å²) in [7, 11) is 0. The normalized spacial score (nSPS) is 21.2. The first-order chi connectivity index (χ1) is 8.63. The van der Waals surface area contributed by atoms with Crippen LogP contribution in [0.5, 0.6) is 0 Å². The molecule has 0 aromatic heterocycles. The van der Waals surface area contributed by atoms with Crippen molar-refractivity contribution in [1.29, 1.82) is 0 Å². The second-order valence-corrected chi connectivity index (χ2v) is 4.90. The highest BCUT2D eigenvalue weighted by Crippen LogP contribution is 2.04. The fraction of sp³-hybridized carbons (Fsp3) is 0.917. The predicted octanol–water partition coefficient (Wildman–Crippen LogP) is -1.03. The Bertz CT molecular complexity index is 248. The zero-order valence-electron chi connectivity index (χ0n) is 11.4. The van der Waals surface area contributed by atoms with Crippen molar-refractivity contribution in [3.05, 3.63) is 0 Å². The number of ether oxygens (including phenoxy) is 1. The van der Waals surface area contributed by atoms with Crippen LogP contribution in [0.3, 0.4) is 0 Å². The molecule has 0 spiro atoms. The number of nitrogens with one attached hydrogen (secondary N) is 2. The van der Waals surface area contributed by atoms with Crippen LogP contribution in [0.1, 0.15) is 13.8 Å². The van der Waals surface area contributed by atoms with E-state index in [9.17, 15) is 4.79 Å². The molecule has 1 aliphatic rings. The molecule has 1 heterocycles. The van der Waals surface area contributed by atoms with E-state index in [0.29, 0.717) is 13.2 Å². The Hall–Kier alpha value is -0.690. The first-order valence-electron chi connectivity index (χ1n) is 6.66. The third kappa shape index (κ3) is 5.77. The molecule has 1 fully saturated rings. The molecule has 1 saturated heterocycles. The van der Waals surface area contributed by atoms with E-state index in [1.807, 2.05) is 13.8 Å². The summed E-state index contributed by atoms with van der Waals surface area (Å²) in [6, 6.07) is 0. The Morgan fingerprint density at radius 1 is 1.56 bits per heavy atom. The van der Waals surface area contributed by atoms with E-state index in [1.54, 1.807) is 0 Å². The minimum Gasteiger partial charge on any atom is -0.374 e. The second-order valence-electron chi connectivity index (χ2n) is 4.90. The van der Waals surface area contributed by atoms with Crippen LogP contribution in [0.25, 0.3) is 0 Å². The maximum Gasteiger partial charge on any atom is 0.222 e. The fourth-order valence-electron chi connectivity index (χ4n) is 1.86. The molecule has 1 amide bonds. The number of nitrogens with two attached hydrogens (primary N) is 1. The number of carbonyl (C=O) groups is 1. The lowest BCUT2D eigenvalue weighted by Gasteiger charge is -2.33. The van der Waals surface area contributed by atoms with Crippen molar-refractivity contribution >= 4 is 5.91 Å². The van der Waals surface area contributed by atoms with Crippen molar-refractivity contribution in [3.63, 3.8) is 0 Å². The fourth-order valence-corrected chi connectivity index (χ4v) is 1.86. The van der Waals surface area contributed by atoms with Gasteiger partial charge in [0.1, 0.15) is 0 Å². The van der Waals surface area contributed by atoms with Crippen molar-refractivity contribution in [2.24, 2.45) is 11.7 Å². The molecule has 18 heavy (non-hydrogen) atoms. The van der Waals surface area contributed by atoms with E-state index in [1.165, 1.54) is 0 Å². The zero-order chi connectivity index (χ0) is 13.4. The number of nitrogens with zero attached hydrogens (tertiary/aromatic N) is 1. The van der Waals surface area contributed by atoms with Gasteiger partial charge in [-0.25, -0.2) is 0 Å². The van der Waals surface area contributed by atoms with Gasteiger partial charge < -0.3 is 21.1 Å². The number of hydrogen-bond donors (Lipinski definition) is 3. The summed E-state index contributed by atoms with van der Waals surface area (Å²) in [6.45, 7) is 9.28. The standard InChI is InChI=1S/C12H26N4O2/c1-10(2)12(17)15-7-11-8-16(5-6-18-11)4-3-14-9-13/h10-11,14H,3-9,13H2,1-2H3,(H,15,17). The van der Waals surface area contributed by atoms with E-state index < -0.39 is 0 Å².